The van der Waals surface area contributed by atoms with E-state index >= 15 is 0 Å². The van der Waals surface area contributed by atoms with Crippen LogP contribution in [0.3, 0.4) is 0 Å². The number of nitrogens with zero attached hydrogens (tertiary/aromatic N) is 2. The number of imide groups is 1. The van der Waals surface area contributed by atoms with Crippen molar-refractivity contribution in [3.63, 3.8) is 0 Å². The third-order valence-corrected chi connectivity index (χ3v) is 4.96. The maximum atomic E-state index is 13.4. The van der Waals surface area contributed by atoms with Crippen LogP contribution in [-0.4, -0.2) is 47.4 Å². The minimum absolute atomic E-state index is 0.0913. The first-order chi connectivity index (χ1) is 12.3. The van der Waals surface area contributed by atoms with Crippen LogP contribution in [0.4, 0.5) is 4.79 Å². The first kappa shape index (κ1) is 19.7. The smallest absolute Gasteiger partial charge is 0.327 e. The number of hydrogen-bond donors (Lipinski definition) is 0. The molecule has 1 aliphatic heterocycles. The lowest BCUT2D eigenvalue weighted by molar-refractivity contribution is -0.162. The molecule has 26 heavy (non-hydrogen) atoms. The van der Waals surface area contributed by atoms with Crippen molar-refractivity contribution in [2.24, 2.45) is 5.41 Å². The van der Waals surface area contributed by atoms with E-state index in [4.69, 9.17) is 4.74 Å². The molecule has 1 heterocycles. The highest BCUT2D eigenvalue weighted by molar-refractivity contribution is 6.09. The van der Waals surface area contributed by atoms with E-state index in [0.717, 1.165) is 5.56 Å². The lowest BCUT2D eigenvalue weighted by Gasteiger charge is -2.32. The molecule has 1 aliphatic rings. The Morgan fingerprint density at radius 1 is 1.31 bits per heavy atom. The summed E-state index contributed by atoms with van der Waals surface area (Å²) in [5.74, 6) is -1.21. The Morgan fingerprint density at radius 3 is 2.46 bits per heavy atom. The van der Waals surface area contributed by atoms with Gasteiger partial charge in [-0.2, -0.15) is 0 Å². The molecular formula is C20H26N2O4. The molecule has 3 atom stereocenters. The van der Waals surface area contributed by atoms with Gasteiger partial charge in [0.2, 0.25) is 5.91 Å². The molecule has 0 saturated carbocycles. The minimum atomic E-state index is -1.49. The summed E-state index contributed by atoms with van der Waals surface area (Å²) in [5.41, 5.74) is -0.651. The maximum Gasteiger partial charge on any atom is 0.327 e. The van der Waals surface area contributed by atoms with Crippen LogP contribution < -0.4 is 0 Å². The molecule has 1 fully saturated rings. The highest BCUT2D eigenvalue weighted by atomic mass is 16.5. The summed E-state index contributed by atoms with van der Waals surface area (Å²) in [5, 5.41) is 0. The van der Waals surface area contributed by atoms with Gasteiger partial charge in [0.25, 0.3) is 0 Å². The first-order valence-electron chi connectivity index (χ1n) is 8.73. The third kappa shape index (κ3) is 3.23. The van der Waals surface area contributed by atoms with Gasteiger partial charge in [0, 0.05) is 7.05 Å². The molecule has 3 amide bonds. The summed E-state index contributed by atoms with van der Waals surface area (Å²) in [6.45, 7) is 8.88. The van der Waals surface area contributed by atoms with E-state index < -0.39 is 29.4 Å². The number of carbonyl (C=O) groups excluding carboxylic acids is 3. The van der Waals surface area contributed by atoms with Gasteiger partial charge in [0.15, 0.2) is 0 Å². The monoisotopic (exact) mass is 358 g/mol. The van der Waals surface area contributed by atoms with Gasteiger partial charge in [-0.05, 0) is 32.8 Å². The van der Waals surface area contributed by atoms with E-state index in [9.17, 15) is 14.4 Å². The highest BCUT2D eigenvalue weighted by Gasteiger charge is 2.53. The number of hydrogen-bond acceptors (Lipinski definition) is 4. The van der Waals surface area contributed by atoms with E-state index in [0.29, 0.717) is 0 Å². The van der Waals surface area contributed by atoms with E-state index in [1.165, 1.54) is 22.8 Å². The summed E-state index contributed by atoms with van der Waals surface area (Å²) in [4.78, 5) is 41.5. The molecule has 2 rings (SSSR count). The topological polar surface area (TPSA) is 66.9 Å². The highest BCUT2D eigenvalue weighted by Crippen LogP contribution is 2.39. The molecule has 1 aromatic rings. The molecule has 0 radical (unpaired) electrons. The average Bonchev–Trinajstić information content (AvgIpc) is 2.86. The molecule has 140 valence electrons. The average molecular weight is 358 g/mol. The maximum absolute atomic E-state index is 13.4. The van der Waals surface area contributed by atoms with Crippen LogP contribution >= 0.6 is 0 Å². The number of likely N-dealkylation sites (N-methyl/N-ethyl adjacent to an activating group) is 1. The fraction of sp³-hybridized carbons (Fsp3) is 0.450. The molecule has 0 N–H and O–H groups in total. The Morgan fingerprint density at radius 2 is 1.92 bits per heavy atom. The van der Waals surface area contributed by atoms with Crippen LogP contribution in [0.25, 0.3) is 0 Å². The summed E-state index contributed by atoms with van der Waals surface area (Å²) in [6, 6.07) is 8.25. The van der Waals surface area contributed by atoms with E-state index in [1.54, 1.807) is 14.0 Å². The van der Waals surface area contributed by atoms with E-state index in [1.807, 2.05) is 37.3 Å². The second-order valence-electron chi connectivity index (χ2n) is 6.71. The van der Waals surface area contributed by atoms with Crippen molar-refractivity contribution in [2.75, 3.05) is 13.7 Å². The van der Waals surface area contributed by atoms with Gasteiger partial charge in [-0.25, -0.2) is 4.79 Å². The molecule has 1 aromatic carbocycles. The van der Waals surface area contributed by atoms with Crippen molar-refractivity contribution in [1.82, 2.24) is 9.80 Å². The second kappa shape index (κ2) is 7.72. The first-order valence-corrected chi connectivity index (χ1v) is 8.73. The standard InChI is InChI=1S/C20H26N2O4/c1-6-13-20(4,18(24)26-7-2)17(23)22-16(14(3)21(5)19(22)25)15-11-9-8-10-12-15/h6,8-12,14,16H,1,7,13H2,2-5H3/t14-,16-,20-/m1/s1. The van der Waals surface area contributed by atoms with Gasteiger partial charge in [-0.1, -0.05) is 36.4 Å². The zero-order chi connectivity index (χ0) is 19.5. The van der Waals surface area contributed by atoms with Gasteiger partial charge in [-0.15, -0.1) is 6.58 Å². The van der Waals surface area contributed by atoms with Gasteiger partial charge in [0.05, 0.1) is 18.7 Å². The second-order valence-corrected chi connectivity index (χ2v) is 6.71. The largest absolute Gasteiger partial charge is 0.465 e. The Labute approximate surface area is 154 Å². The number of esters is 1. The van der Waals surface area contributed by atoms with Crippen molar-refractivity contribution in [2.45, 2.75) is 39.3 Å². The van der Waals surface area contributed by atoms with Crippen molar-refractivity contribution in [3.8, 4) is 0 Å². The predicted molar refractivity (Wildman–Crippen MR) is 98.2 cm³/mol. The van der Waals surface area contributed by atoms with E-state index in [-0.39, 0.29) is 19.1 Å². The SMILES string of the molecule is C=CC[C@@](C)(C(=O)OCC)C(=O)N1C(=O)N(C)[C@H](C)[C@@H]1c1ccccc1. The Balaban J connectivity index is 2.50. The number of rotatable bonds is 6. The molecule has 6 nitrogen and oxygen atoms in total. The third-order valence-electron chi connectivity index (χ3n) is 4.96. The molecule has 1 saturated heterocycles. The molecule has 6 heteroatoms. The van der Waals surface area contributed by atoms with Crippen molar-refractivity contribution in [3.05, 3.63) is 48.6 Å². The fourth-order valence-electron chi connectivity index (χ4n) is 3.28. The zero-order valence-corrected chi connectivity index (χ0v) is 15.8. The van der Waals surface area contributed by atoms with Gasteiger partial charge in [0.1, 0.15) is 5.41 Å². The minimum Gasteiger partial charge on any atom is -0.465 e. The van der Waals surface area contributed by atoms with Gasteiger partial charge < -0.3 is 9.64 Å². The number of amides is 3. The number of carbonyl (C=O) groups is 3. The molecule has 0 bridgehead atoms. The molecule has 0 unspecified atom stereocenters. The zero-order valence-electron chi connectivity index (χ0n) is 15.8. The van der Waals surface area contributed by atoms with Gasteiger partial charge >= 0.3 is 12.0 Å². The number of benzene rings is 1. The lowest BCUT2D eigenvalue weighted by Crippen LogP contribution is -2.49. The lowest BCUT2D eigenvalue weighted by atomic mass is 9.84. The summed E-state index contributed by atoms with van der Waals surface area (Å²) in [7, 11) is 1.66. The van der Waals surface area contributed by atoms with Crippen LogP contribution in [-0.2, 0) is 14.3 Å². The summed E-state index contributed by atoms with van der Waals surface area (Å²) in [6.07, 6.45) is 1.59. The van der Waals surface area contributed by atoms with E-state index in [2.05, 4.69) is 6.58 Å². The summed E-state index contributed by atoms with van der Waals surface area (Å²) >= 11 is 0. The van der Waals surface area contributed by atoms with Crippen LogP contribution in [0, 0.1) is 5.41 Å². The van der Waals surface area contributed by atoms with Crippen molar-refractivity contribution < 1.29 is 19.1 Å². The Kier molecular flexibility index (Phi) is 5.85. The Bertz CT molecular complexity index is 703. The number of allylic oxidation sites excluding steroid dienone is 1. The number of ether oxygens (including phenoxy) is 1. The van der Waals surface area contributed by atoms with Crippen LogP contribution in [0.1, 0.15) is 38.8 Å². The summed E-state index contributed by atoms with van der Waals surface area (Å²) < 4.78 is 5.11. The van der Waals surface area contributed by atoms with Gasteiger partial charge in [-0.3, -0.25) is 14.5 Å². The fourth-order valence-corrected chi connectivity index (χ4v) is 3.28. The normalized spacial score (nSPS) is 22.1. The van der Waals surface area contributed by atoms with Crippen LogP contribution in [0.5, 0.6) is 0 Å². The molecule has 0 aliphatic carbocycles. The van der Waals surface area contributed by atoms with Crippen LogP contribution in [0.2, 0.25) is 0 Å². The Hall–Kier alpha value is -2.63. The predicted octanol–water partition coefficient (Wildman–Crippen LogP) is 3.16. The quantitative estimate of drug-likeness (QED) is 0.445. The van der Waals surface area contributed by atoms with Crippen LogP contribution in [0.15, 0.2) is 43.0 Å². The molecular weight excluding hydrogens is 332 g/mol. The number of urea groups is 1. The van der Waals surface area contributed by atoms with Crippen molar-refractivity contribution in [1.29, 1.82) is 0 Å². The molecule has 0 spiro atoms. The molecule has 0 aromatic heterocycles. The van der Waals surface area contributed by atoms with Crippen molar-refractivity contribution >= 4 is 17.9 Å².